The molecule has 0 aromatic carbocycles. The van der Waals surface area contributed by atoms with Crippen molar-refractivity contribution in [1.29, 1.82) is 0 Å². The Morgan fingerprint density at radius 3 is 2.16 bits per heavy atom. The summed E-state index contributed by atoms with van der Waals surface area (Å²) >= 11 is 0. The van der Waals surface area contributed by atoms with Crippen LogP contribution in [0, 0.1) is 5.92 Å². The first kappa shape index (κ1) is 27.7. The molecule has 2 N–H and O–H groups in total. The number of likely N-dealkylation sites (tertiary alicyclic amines) is 1. The quantitative estimate of drug-likeness (QED) is 0.453. The first-order valence-electron chi connectivity index (χ1n) is 11.0. The third kappa shape index (κ3) is 7.97. The minimum absolute atomic E-state index is 0.198. The molecule has 0 spiro atoms. The van der Waals surface area contributed by atoms with E-state index < -0.39 is 47.5 Å². The number of hydrogen-bond acceptors (Lipinski definition) is 6. The van der Waals surface area contributed by atoms with Gasteiger partial charge in [0.25, 0.3) is 0 Å². The van der Waals surface area contributed by atoms with Crippen molar-refractivity contribution in [3.05, 3.63) is 24.8 Å². The zero-order chi connectivity index (χ0) is 24.9. The fourth-order valence-corrected chi connectivity index (χ4v) is 3.91. The van der Waals surface area contributed by atoms with Gasteiger partial charge in [0, 0.05) is 12.8 Å². The lowest BCUT2D eigenvalue weighted by Gasteiger charge is -2.39. The molecule has 1 aliphatic heterocycles. The molecule has 0 aliphatic carbocycles. The summed E-state index contributed by atoms with van der Waals surface area (Å²) in [5.74, 6) is -1.23. The van der Waals surface area contributed by atoms with Gasteiger partial charge in [0.05, 0.1) is 18.2 Å². The fourth-order valence-electron chi connectivity index (χ4n) is 3.91. The van der Waals surface area contributed by atoms with Gasteiger partial charge in [-0.1, -0.05) is 18.2 Å². The number of aliphatic hydroxyl groups is 1. The summed E-state index contributed by atoms with van der Waals surface area (Å²) in [6.45, 7) is 17.3. The van der Waals surface area contributed by atoms with Gasteiger partial charge >= 0.3 is 12.1 Å². The summed E-state index contributed by atoms with van der Waals surface area (Å²) in [6, 6.07) is -2.49. The molecule has 1 saturated heterocycles. The van der Waals surface area contributed by atoms with Crippen LogP contribution in [0.25, 0.3) is 0 Å². The van der Waals surface area contributed by atoms with E-state index in [1.54, 1.807) is 47.6 Å². The molecule has 2 amide bonds. The number of amides is 2. The van der Waals surface area contributed by atoms with Crippen LogP contribution in [0.5, 0.6) is 0 Å². The van der Waals surface area contributed by atoms with E-state index in [4.69, 9.17) is 9.47 Å². The molecule has 1 fully saturated rings. The Balaban J connectivity index is 3.57. The first-order valence-corrected chi connectivity index (χ1v) is 11.0. The standard InChI is InChI=1S/C24H40N2O6/c1-10-12-16-14-17(21(29)31-23(4,5)6)26(22(30)32-24(7,8)9)20(16)19(25-15(3)27)18(28)13-11-2/h10-12,16-20,28H,2,13-14H2,1,3-9H3,(H,25,27)/b12-10-/t16-,17-,18+,19+,20-/m1/s1. The molecule has 0 bridgehead atoms. The number of carbonyl (C=O) groups is 3. The maximum Gasteiger partial charge on any atom is 0.411 e. The Bertz CT molecular complexity index is 719. The Labute approximate surface area is 192 Å². The van der Waals surface area contributed by atoms with Crippen molar-refractivity contribution >= 4 is 18.0 Å². The number of rotatable bonds is 7. The maximum absolute atomic E-state index is 13.3. The van der Waals surface area contributed by atoms with Gasteiger partial charge in [-0.15, -0.1) is 6.58 Å². The van der Waals surface area contributed by atoms with Crippen LogP contribution in [0.2, 0.25) is 0 Å². The van der Waals surface area contributed by atoms with Gasteiger partial charge in [-0.3, -0.25) is 9.69 Å². The molecule has 8 heteroatoms. The molecule has 0 radical (unpaired) electrons. The second kappa shape index (κ2) is 11.0. The van der Waals surface area contributed by atoms with Crippen molar-refractivity contribution in [2.24, 2.45) is 5.92 Å². The minimum Gasteiger partial charge on any atom is -0.458 e. The fraction of sp³-hybridized carbons (Fsp3) is 0.708. The summed E-state index contributed by atoms with van der Waals surface area (Å²) in [5.41, 5.74) is -1.55. The Morgan fingerprint density at radius 1 is 1.16 bits per heavy atom. The number of aliphatic hydroxyl groups excluding tert-OH is 1. The van der Waals surface area contributed by atoms with E-state index >= 15 is 0 Å². The van der Waals surface area contributed by atoms with Crippen LogP contribution in [0.1, 0.15) is 68.2 Å². The number of hydrogen-bond donors (Lipinski definition) is 2. The average Bonchev–Trinajstić information content (AvgIpc) is 2.96. The van der Waals surface area contributed by atoms with Crippen molar-refractivity contribution < 1.29 is 29.0 Å². The van der Waals surface area contributed by atoms with Gasteiger partial charge in [-0.25, -0.2) is 9.59 Å². The molecule has 8 nitrogen and oxygen atoms in total. The number of ether oxygens (including phenoxy) is 2. The lowest BCUT2D eigenvalue weighted by atomic mass is 9.88. The summed E-state index contributed by atoms with van der Waals surface area (Å²) in [5, 5.41) is 13.6. The number of nitrogens with one attached hydrogen (secondary N) is 1. The van der Waals surface area contributed by atoms with E-state index in [0.717, 1.165) is 0 Å². The smallest absolute Gasteiger partial charge is 0.411 e. The molecule has 0 saturated carbocycles. The third-order valence-corrected chi connectivity index (χ3v) is 4.87. The van der Waals surface area contributed by atoms with Crippen LogP contribution < -0.4 is 5.32 Å². The predicted molar refractivity (Wildman–Crippen MR) is 123 cm³/mol. The molecule has 1 rings (SSSR count). The van der Waals surface area contributed by atoms with Crippen molar-refractivity contribution in [2.75, 3.05) is 0 Å². The number of nitrogens with zero attached hydrogens (tertiary/aromatic N) is 1. The van der Waals surface area contributed by atoms with E-state index in [9.17, 15) is 19.5 Å². The first-order chi connectivity index (χ1) is 14.6. The molecular formula is C24H40N2O6. The van der Waals surface area contributed by atoms with Crippen molar-refractivity contribution in [3.8, 4) is 0 Å². The third-order valence-electron chi connectivity index (χ3n) is 4.87. The summed E-state index contributed by atoms with van der Waals surface area (Å²) < 4.78 is 11.2. The van der Waals surface area contributed by atoms with Crippen LogP contribution in [0.4, 0.5) is 4.79 Å². The Hall–Kier alpha value is -2.35. The normalized spacial score (nSPS) is 23.5. The van der Waals surface area contributed by atoms with E-state index in [1.165, 1.54) is 11.8 Å². The summed E-state index contributed by atoms with van der Waals surface area (Å²) in [7, 11) is 0. The maximum atomic E-state index is 13.3. The van der Waals surface area contributed by atoms with Gasteiger partial charge < -0.3 is 19.9 Å². The highest BCUT2D eigenvalue weighted by molar-refractivity contribution is 5.83. The highest BCUT2D eigenvalue weighted by Gasteiger charge is 2.53. The highest BCUT2D eigenvalue weighted by atomic mass is 16.6. The van der Waals surface area contributed by atoms with E-state index in [1.807, 2.05) is 19.1 Å². The lowest BCUT2D eigenvalue weighted by molar-refractivity contribution is -0.160. The topological polar surface area (TPSA) is 105 Å². The van der Waals surface area contributed by atoms with Gasteiger partial charge in [-0.05, 0) is 61.3 Å². The zero-order valence-corrected chi connectivity index (χ0v) is 20.7. The molecule has 32 heavy (non-hydrogen) atoms. The van der Waals surface area contributed by atoms with Gasteiger partial charge in [0.15, 0.2) is 0 Å². The van der Waals surface area contributed by atoms with Crippen molar-refractivity contribution in [1.82, 2.24) is 10.2 Å². The molecule has 1 heterocycles. The summed E-state index contributed by atoms with van der Waals surface area (Å²) in [6.07, 6.45) is 4.00. The van der Waals surface area contributed by atoms with E-state index in [-0.39, 0.29) is 24.7 Å². The number of allylic oxidation sites excluding steroid dienone is 1. The van der Waals surface area contributed by atoms with Gasteiger partial charge in [0.1, 0.15) is 17.2 Å². The molecular weight excluding hydrogens is 412 g/mol. The van der Waals surface area contributed by atoms with Crippen LogP contribution in [-0.4, -0.2) is 63.4 Å². The van der Waals surface area contributed by atoms with Crippen LogP contribution >= 0.6 is 0 Å². The van der Waals surface area contributed by atoms with Crippen LogP contribution in [-0.2, 0) is 19.1 Å². The lowest BCUT2D eigenvalue weighted by Crippen LogP contribution is -2.60. The number of carbonyl (C=O) groups excluding carboxylic acids is 3. The Kier molecular flexibility index (Phi) is 9.50. The number of esters is 1. The van der Waals surface area contributed by atoms with Crippen molar-refractivity contribution in [2.45, 2.75) is 104 Å². The second-order valence-corrected chi connectivity index (χ2v) is 10.2. The van der Waals surface area contributed by atoms with E-state index in [2.05, 4.69) is 11.9 Å². The average molecular weight is 453 g/mol. The van der Waals surface area contributed by atoms with E-state index in [0.29, 0.717) is 0 Å². The second-order valence-electron chi connectivity index (χ2n) is 10.2. The van der Waals surface area contributed by atoms with Gasteiger partial charge in [-0.2, -0.15) is 0 Å². The molecule has 0 unspecified atom stereocenters. The van der Waals surface area contributed by atoms with Crippen LogP contribution in [0.15, 0.2) is 24.8 Å². The highest BCUT2D eigenvalue weighted by Crippen LogP contribution is 2.37. The molecule has 182 valence electrons. The van der Waals surface area contributed by atoms with Crippen LogP contribution in [0.3, 0.4) is 0 Å². The SMILES string of the molecule is C=CC[C@H](O)[C@H](NC(C)=O)[C@H]1[C@H](/C=C\C)C[C@H](C(=O)OC(C)(C)C)N1C(=O)OC(C)(C)C. The van der Waals surface area contributed by atoms with Gasteiger partial charge in [0.2, 0.25) is 5.91 Å². The zero-order valence-electron chi connectivity index (χ0n) is 20.7. The summed E-state index contributed by atoms with van der Waals surface area (Å²) in [4.78, 5) is 39.8. The predicted octanol–water partition coefficient (Wildman–Crippen LogP) is 3.34. The Morgan fingerprint density at radius 2 is 1.72 bits per heavy atom. The largest absolute Gasteiger partial charge is 0.458 e. The molecule has 0 aromatic heterocycles. The molecule has 5 atom stereocenters. The monoisotopic (exact) mass is 452 g/mol. The molecule has 1 aliphatic rings. The minimum atomic E-state index is -1.02. The molecule has 0 aromatic rings. The van der Waals surface area contributed by atoms with Crippen molar-refractivity contribution in [3.63, 3.8) is 0 Å².